The average Bonchev–Trinajstić information content (AvgIpc) is 3.02. The Morgan fingerprint density at radius 1 is 1.11 bits per heavy atom. The normalized spacial score (nSPS) is 16.3. The van der Waals surface area contributed by atoms with E-state index in [4.69, 9.17) is 4.42 Å². The highest BCUT2D eigenvalue weighted by Gasteiger charge is 2.15. The molecule has 2 aromatic rings. The summed E-state index contributed by atoms with van der Waals surface area (Å²) >= 11 is 2.28. The van der Waals surface area contributed by atoms with Gasteiger partial charge in [0.1, 0.15) is 0 Å². The molecule has 0 N–H and O–H groups in total. The van der Waals surface area contributed by atoms with Gasteiger partial charge in [-0.15, -0.1) is 10.2 Å². The molecule has 4 nitrogen and oxygen atoms in total. The van der Waals surface area contributed by atoms with Crippen molar-refractivity contribution in [1.82, 2.24) is 15.1 Å². The lowest BCUT2D eigenvalue weighted by Gasteiger charge is -2.10. The number of hydrogen-bond acceptors (Lipinski definition) is 4. The van der Waals surface area contributed by atoms with Gasteiger partial charge in [0.2, 0.25) is 11.8 Å². The minimum absolute atomic E-state index is 0.612. The van der Waals surface area contributed by atoms with Crippen molar-refractivity contribution in [2.24, 2.45) is 0 Å². The molecule has 3 rings (SSSR count). The average molecular weight is 355 g/mol. The lowest BCUT2D eigenvalue weighted by molar-refractivity contribution is 0.292. The molecule has 0 amide bonds. The molecule has 2 heterocycles. The SMILES string of the molecule is Ic1ccc(-c2nnc(CN3CCCC3)o2)cc1. The number of hydrogen-bond donors (Lipinski definition) is 0. The van der Waals surface area contributed by atoms with Crippen LogP contribution in [0.15, 0.2) is 28.7 Å². The zero-order chi connectivity index (χ0) is 12.4. The van der Waals surface area contributed by atoms with E-state index in [1.54, 1.807) is 0 Å². The van der Waals surface area contributed by atoms with Crippen LogP contribution in [0.25, 0.3) is 11.5 Å². The highest BCUT2D eigenvalue weighted by atomic mass is 127. The van der Waals surface area contributed by atoms with E-state index in [1.807, 2.05) is 24.3 Å². The Morgan fingerprint density at radius 2 is 1.83 bits per heavy atom. The first-order chi connectivity index (χ1) is 8.81. The van der Waals surface area contributed by atoms with Gasteiger partial charge in [-0.3, -0.25) is 4.90 Å². The van der Waals surface area contributed by atoms with E-state index in [1.165, 1.54) is 16.4 Å². The van der Waals surface area contributed by atoms with Crippen molar-refractivity contribution in [3.8, 4) is 11.5 Å². The Bertz CT molecular complexity index is 517. The summed E-state index contributed by atoms with van der Waals surface area (Å²) in [4.78, 5) is 2.35. The monoisotopic (exact) mass is 355 g/mol. The molecule has 0 aliphatic carbocycles. The smallest absolute Gasteiger partial charge is 0.247 e. The molecule has 94 valence electrons. The molecule has 0 spiro atoms. The summed E-state index contributed by atoms with van der Waals surface area (Å²) in [6.07, 6.45) is 2.55. The summed E-state index contributed by atoms with van der Waals surface area (Å²) in [5.74, 6) is 1.33. The van der Waals surface area contributed by atoms with Crippen molar-refractivity contribution in [1.29, 1.82) is 0 Å². The van der Waals surface area contributed by atoms with Crippen molar-refractivity contribution in [3.05, 3.63) is 33.7 Å². The summed E-state index contributed by atoms with van der Waals surface area (Å²) in [6.45, 7) is 3.06. The highest BCUT2D eigenvalue weighted by molar-refractivity contribution is 14.1. The van der Waals surface area contributed by atoms with Crippen molar-refractivity contribution in [2.45, 2.75) is 19.4 Å². The number of nitrogens with zero attached hydrogens (tertiary/aromatic N) is 3. The van der Waals surface area contributed by atoms with Gasteiger partial charge in [0.15, 0.2) is 0 Å². The fourth-order valence-electron chi connectivity index (χ4n) is 2.16. The Labute approximate surface area is 120 Å². The minimum Gasteiger partial charge on any atom is -0.419 e. The van der Waals surface area contributed by atoms with E-state index in [9.17, 15) is 0 Å². The standard InChI is InChI=1S/C13H14IN3O/c14-11-5-3-10(4-6-11)13-16-15-12(18-13)9-17-7-1-2-8-17/h3-6H,1-2,7-9H2. The van der Waals surface area contributed by atoms with E-state index < -0.39 is 0 Å². The maximum atomic E-state index is 5.71. The maximum Gasteiger partial charge on any atom is 0.247 e. The quantitative estimate of drug-likeness (QED) is 0.794. The second-order valence-corrected chi connectivity index (χ2v) is 5.74. The van der Waals surface area contributed by atoms with Crippen LogP contribution in [0.4, 0.5) is 0 Å². The highest BCUT2D eigenvalue weighted by Crippen LogP contribution is 2.20. The second-order valence-electron chi connectivity index (χ2n) is 4.49. The van der Waals surface area contributed by atoms with Crippen LogP contribution in [0.3, 0.4) is 0 Å². The molecule has 1 aromatic heterocycles. The molecule has 0 bridgehead atoms. The molecular formula is C13H14IN3O. The number of benzene rings is 1. The molecule has 0 saturated carbocycles. The largest absolute Gasteiger partial charge is 0.419 e. The van der Waals surface area contributed by atoms with Crippen LogP contribution in [0, 0.1) is 3.57 Å². The molecule has 0 atom stereocenters. The van der Waals surface area contributed by atoms with Crippen LogP contribution in [0.1, 0.15) is 18.7 Å². The van der Waals surface area contributed by atoms with Gasteiger partial charge in [-0.1, -0.05) is 0 Å². The molecule has 1 saturated heterocycles. The van der Waals surface area contributed by atoms with Crippen LogP contribution in [-0.2, 0) is 6.54 Å². The van der Waals surface area contributed by atoms with E-state index in [0.29, 0.717) is 11.8 Å². The summed E-state index contributed by atoms with van der Waals surface area (Å²) in [6, 6.07) is 8.10. The second kappa shape index (κ2) is 5.36. The topological polar surface area (TPSA) is 42.2 Å². The van der Waals surface area contributed by atoms with E-state index in [0.717, 1.165) is 25.2 Å². The number of likely N-dealkylation sites (tertiary alicyclic amines) is 1. The Hall–Kier alpha value is -0.950. The Kier molecular flexibility index (Phi) is 3.60. The zero-order valence-electron chi connectivity index (χ0n) is 9.97. The summed E-state index contributed by atoms with van der Waals surface area (Å²) in [7, 11) is 0. The Balaban J connectivity index is 1.74. The predicted molar refractivity (Wildman–Crippen MR) is 77.0 cm³/mol. The van der Waals surface area contributed by atoms with Gasteiger partial charge in [0.25, 0.3) is 0 Å². The third-order valence-electron chi connectivity index (χ3n) is 3.12. The third-order valence-corrected chi connectivity index (χ3v) is 3.83. The number of aromatic nitrogens is 2. The number of rotatable bonds is 3. The molecule has 5 heteroatoms. The molecule has 1 aliphatic heterocycles. The van der Waals surface area contributed by atoms with E-state index in [-0.39, 0.29) is 0 Å². The van der Waals surface area contributed by atoms with Crippen molar-refractivity contribution in [3.63, 3.8) is 0 Å². The molecular weight excluding hydrogens is 341 g/mol. The summed E-state index contributed by atoms with van der Waals surface area (Å²) < 4.78 is 6.91. The molecule has 18 heavy (non-hydrogen) atoms. The van der Waals surface area contributed by atoms with Gasteiger partial charge in [-0.2, -0.15) is 0 Å². The molecule has 1 aromatic carbocycles. The van der Waals surface area contributed by atoms with Crippen LogP contribution in [0.2, 0.25) is 0 Å². The zero-order valence-corrected chi connectivity index (χ0v) is 12.1. The van der Waals surface area contributed by atoms with E-state index >= 15 is 0 Å². The Morgan fingerprint density at radius 3 is 2.56 bits per heavy atom. The van der Waals surface area contributed by atoms with Crippen LogP contribution >= 0.6 is 22.6 Å². The van der Waals surface area contributed by atoms with Crippen molar-refractivity contribution < 1.29 is 4.42 Å². The lowest BCUT2D eigenvalue weighted by atomic mass is 10.2. The first-order valence-electron chi connectivity index (χ1n) is 6.12. The molecule has 0 unspecified atom stereocenters. The first-order valence-corrected chi connectivity index (χ1v) is 7.20. The van der Waals surface area contributed by atoms with Crippen LogP contribution in [0.5, 0.6) is 0 Å². The van der Waals surface area contributed by atoms with E-state index in [2.05, 4.69) is 37.7 Å². The van der Waals surface area contributed by atoms with Crippen LogP contribution in [-0.4, -0.2) is 28.2 Å². The summed E-state index contributed by atoms with van der Waals surface area (Å²) in [5, 5.41) is 8.23. The third kappa shape index (κ3) is 2.72. The fourth-order valence-corrected chi connectivity index (χ4v) is 2.52. The fraction of sp³-hybridized carbons (Fsp3) is 0.385. The molecule has 1 fully saturated rings. The van der Waals surface area contributed by atoms with Gasteiger partial charge in [0.05, 0.1) is 6.54 Å². The lowest BCUT2D eigenvalue weighted by Crippen LogP contribution is -2.18. The predicted octanol–water partition coefficient (Wildman–Crippen LogP) is 2.94. The maximum absolute atomic E-state index is 5.71. The first kappa shape index (κ1) is 12.1. The van der Waals surface area contributed by atoms with Gasteiger partial charge in [-0.25, -0.2) is 0 Å². The van der Waals surface area contributed by atoms with Gasteiger partial charge in [-0.05, 0) is 72.8 Å². The van der Waals surface area contributed by atoms with Gasteiger partial charge >= 0.3 is 0 Å². The number of halogens is 1. The molecule has 0 radical (unpaired) electrons. The van der Waals surface area contributed by atoms with Crippen LogP contribution < -0.4 is 0 Å². The molecule has 1 aliphatic rings. The van der Waals surface area contributed by atoms with Crippen molar-refractivity contribution in [2.75, 3.05) is 13.1 Å². The van der Waals surface area contributed by atoms with Crippen molar-refractivity contribution >= 4 is 22.6 Å². The minimum atomic E-state index is 0.612. The van der Waals surface area contributed by atoms with Gasteiger partial charge < -0.3 is 4.42 Å². The summed E-state index contributed by atoms with van der Waals surface area (Å²) in [5.41, 5.74) is 0.982. The van der Waals surface area contributed by atoms with Gasteiger partial charge in [0, 0.05) is 9.13 Å².